The van der Waals surface area contributed by atoms with Crippen molar-refractivity contribution < 1.29 is 8.42 Å². The second-order valence-corrected chi connectivity index (χ2v) is 9.27. The van der Waals surface area contributed by atoms with E-state index in [9.17, 15) is 8.42 Å². The molecular weight excluding hydrogens is 334 g/mol. The van der Waals surface area contributed by atoms with Gasteiger partial charge in [0, 0.05) is 52.7 Å². The molecule has 0 amide bonds. The summed E-state index contributed by atoms with van der Waals surface area (Å²) < 4.78 is 25.6. The van der Waals surface area contributed by atoms with Crippen molar-refractivity contribution in [2.75, 3.05) is 30.8 Å². The van der Waals surface area contributed by atoms with Crippen molar-refractivity contribution in [3.8, 4) is 0 Å². The number of benzene rings is 1. The fourth-order valence-electron chi connectivity index (χ4n) is 3.64. The van der Waals surface area contributed by atoms with Gasteiger partial charge in [0.25, 0.3) is 0 Å². The average Bonchev–Trinajstić information content (AvgIpc) is 2.77. The van der Waals surface area contributed by atoms with E-state index < -0.39 is 15.6 Å². The minimum absolute atomic E-state index is 0.463. The third kappa shape index (κ3) is 2.99. The molecule has 0 atom stereocenters. The number of fused-ring (bicyclic) bond motifs is 1. The first-order chi connectivity index (χ1) is 10.6. The molecular formula is C16H22ClN3O2S. The monoisotopic (exact) mass is 355 g/mol. The molecule has 5 nitrogen and oxygen atoms in total. The maximum atomic E-state index is 12.0. The number of piperazine rings is 1. The minimum atomic E-state index is -3.21. The van der Waals surface area contributed by atoms with Crippen molar-refractivity contribution in [3.63, 3.8) is 0 Å². The van der Waals surface area contributed by atoms with Crippen molar-refractivity contribution in [2.45, 2.75) is 32.9 Å². The zero-order valence-corrected chi connectivity index (χ0v) is 15.5. The van der Waals surface area contributed by atoms with E-state index in [-0.39, 0.29) is 0 Å². The Morgan fingerprint density at radius 3 is 2.57 bits per heavy atom. The Kier molecular flexibility index (Phi) is 3.98. The zero-order valence-electron chi connectivity index (χ0n) is 13.9. The molecule has 1 fully saturated rings. The summed E-state index contributed by atoms with van der Waals surface area (Å²) in [6, 6.07) is 3.94. The fourth-order valence-corrected chi connectivity index (χ4v) is 5.22. The minimum Gasteiger partial charge on any atom is -0.368 e. The smallest absolute Gasteiger partial charge is 0.211 e. The number of halogens is 1. The molecule has 0 bridgehead atoms. The van der Waals surface area contributed by atoms with E-state index >= 15 is 0 Å². The van der Waals surface area contributed by atoms with Gasteiger partial charge in [-0.25, -0.2) is 8.42 Å². The highest BCUT2D eigenvalue weighted by atomic mass is 35.5. The summed E-state index contributed by atoms with van der Waals surface area (Å²) in [5.74, 6) is 0. The molecule has 1 aromatic rings. The van der Waals surface area contributed by atoms with E-state index in [1.54, 1.807) is 4.31 Å². The van der Waals surface area contributed by atoms with Gasteiger partial charge in [0.1, 0.15) is 0 Å². The Labute approximate surface area is 143 Å². The Bertz CT molecular complexity index is 787. The zero-order chi connectivity index (χ0) is 17.0. The summed E-state index contributed by atoms with van der Waals surface area (Å²) in [7, 11) is -3.21. The highest BCUT2D eigenvalue weighted by Crippen LogP contribution is 2.36. The molecule has 2 aliphatic rings. The molecule has 0 aliphatic carbocycles. The second-order valence-electron chi connectivity index (χ2n) is 6.92. The molecule has 0 N–H and O–H groups in total. The summed E-state index contributed by atoms with van der Waals surface area (Å²) in [4.78, 5) is 6.75. The lowest BCUT2D eigenvalue weighted by Gasteiger charge is -2.46. The van der Waals surface area contributed by atoms with Crippen LogP contribution in [0.3, 0.4) is 0 Å². The summed E-state index contributed by atoms with van der Waals surface area (Å²) in [5.41, 5.74) is 3.92. The standard InChI is InChI=1S/C16H22ClN3O2S/c1-11-13-7-12(17)8-15(14(13)9-18-11)19-5-6-20(23(4,21)22)16(2,3)10-19/h7-8H,5-6,9-10H2,1-4H3. The predicted octanol–water partition coefficient (Wildman–Crippen LogP) is 2.52. The summed E-state index contributed by atoms with van der Waals surface area (Å²) in [6.45, 7) is 8.36. The van der Waals surface area contributed by atoms with E-state index in [1.807, 2.05) is 32.9 Å². The number of nitrogens with zero attached hydrogens (tertiary/aromatic N) is 3. The Morgan fingerprint density at radius 1 is 1.26 bits per heavy atom. The normalized spacial score (nSPS) is 21.3. The largest absolute Gasteiger partial charge is 0.368 e. The van der Waals surface area contributed by atoms with Crippen LogP contribution in [-0.2, 0) is 16.6 Å². The first kappa shape index (κ1) is 16.7. The van der Waals surface area contributed by atoms with Crippen molar-refractivity contribution in [1.29, 1.82) is 0 Å². The second kappa shape index (κ2) is 5.46. The molecule has 1 aromatic carbocycles. The summed E-state index contributed by atoms with van der Waals surface area (Å²) in [6.07, 6.45) is 1.28. The maximum Gasteiger partial charge on any atom is 0.211 e. The van der Waals surface area contributed by atoms with E-state index in [0.717, 1.165) is 17.0 Å². The van der Waals surface area contributed by atoms with Crippen LogP contribution in [0.5, 0.6) is 0 Å². The van der Waals surface area contributed by atoms with E-state index in [1.165, 1.54) is 11.8 Å². The molecule has 2 aliphatic heterocycles. The quantitative estimate of drug-likeness (QED) is 0.819. The van der Waals surface area contributed by atoms with E-state index in [0.29, 0.717) is 31.2 Å². The SMILES string of the molecule is CC1=NCc2c1cc(Cl)cc2N1CCN(S(C)(=O)=O)C(C)(C)C1. The first-order valence-electron chi connectivity index (χ1n) is 7.66. The number of hydrogen-bond acceptors (Lipinski definition) is 4. The van der Waals surface area contributed by atoms with Crippen LogP contribution in [0.1, 0.15) is 31.9 Å². The highest BCUT2D eigenvalue weighted by molar-refractivity contribution is 7.88. The van der Waals surface area contributed by atoms with E-state index in [4.69, 9.17) is 11.6 Å². The molecule has 23 heavy (non-hydrogen) atoms. The molecule has 3 rings (SSSR count). The van der Waals surface area contributed by atoms with Crippen LogP contribution in [-0.4, -0.2) is 49.9 Å². The van der Waals surface area contributed by atoms with Gasteiger partial charge in [0.2, 0.25) is 10.0 Å². The molecule has 0 unspecified atom stereocenters. The third-order valence-corrected chi connectivity index (χ3v) is 6.32. The van der Waals surface area contributed by atoms with Gasteiger partial charge in [-0.3, -0.25) is 4.99 Å². The predicted molar refractivity (Wildman–Crippen MR) is 95.2 cm³/mol. The Morgan fingerprint density at radius 2 is 1.96 bits per heavy atom. The highest BCUT2D eigenvalue weighted by Gasteiger charge is 2.39. The van der Waals surface area contributed by atoms with Crippen molar-refractivity contribution in [3.05, 3.63) is 28.3 Å². The Hall–Kier alpha value is -1.11. The van der Waals surface area contributed by atoms with Crippen LogP contribution in [0.2, 0.25) is 5.02 Å². The lowest BCUT2D eigenvalue weighted by Crippen LogP contribution is -2.61. The fraction of sp³-hybridized carbons (Fsp3) is 0.562. The van der Waals surface area contributed by atoms with Crippen molar-refractivity contribution >= 4 is 33.0 Å². The van der Waals surface area contributed by atoms with Crippen LogP contribution in [0.25, 0.3) is 0 Å². The van der Waals surface area contributed by atoms with Gasteiger partial charge in [0.15, 0.2) is 0 Å². The maximum absolute atomic E-state index is 12.0. The van der Waals surface area contributed by atoms with Crippen molar-refractivity contribution in [2.24, 2.45) is 4.99 Å². The molecule has 2 heterocycles. The van der Waals surface area contributed by atoms with Crippen molar-refractivity contribution in [1.82, 2.24) is 4.31 Å². The summed E-state index contributed by atoms with van der Waals surface area (Å²) in [5, 5.41) is 0.693. The summed E-state index contributed by atoms with van der Waals surface area (Å²) >= 11 is 6.30. The van der Waals surface area contributed by atoms with Gasteiger partial charge in [-0.05, 0) is 32.9 Å². The van der Waals surface area contributed by atoms with Crippen LogP contribution in [0.4, 0.5) is 5.69 Å². The Balaban J connectivity index is 1.96. The van der Waals surface area contributed by atoms with Crippen LogP contribution in [0, 0.1) is 0 Å². The van der Waals surface area contributed by atoms with Gasteiger partial charge in [0.05, 0.1) is 12.8 Å². The molecule has 0 saturated carbocycles. The molecule has 0 radical (unpaired) electrons. The van der Waals surface area contributed by atoms with Crippen LogP contribution >= 0.6 is 11.6 Å². The molecule has 0 aromatic heterocycles. The van der Waals surface area contributed by atoms with E-state index in [2.05, 4.69) is 9.89 Å². The van der Waals surface area contributed by atoms with Gasteiger partial charge >= 0.3 is 0 Å². The van der Waals surface area contributed by atoms with Gasteiger partial charge in [-0.1, -0.05) is 11.6 Å². The van der Waals surface area contributed by atoms with Gasteiger partial charge < -0.3 is 4.90 Å². The third-order valence-electron chi connectivity index (χ3n) is 4.62. The van der Waals surface area contributed by atoms with Gasteiger partial charge in [-0.2, -0.15) is 4.31 Å². The molecule has 0 spiro atoms. The molecule has 1 saturated heterocycles. The lowest BCUT2D eigenvalue weighted by molar-refractivity contribution is 0.206. The molecule has 7 heteroatoms. The van der Waals surface area contributed by atoms with Crippen LogP contribution in [0.15, 0.2) is 17.1 Å². The molecule has 126 valence electrons. The number of hydrogen-bond donors (Lipinski definition) is 0. The number of sulfonamides is 1. The number of aliphatic imine (C=N–C) groups is 1. The number of rotatable bonds is 2. The van der Waals surface area contributed by atoms with Crippen LogP contribution < -0.4 is 4.90 Å². The lowest BCUT2D eigenvalue weighted by atomic mass is 9.98. The topological polar surface area (TPSA) is 53.0 Å². The first-order valence-corrected chi connectivity index (χ1v) is 9.89. The average molecular weight is 356 g/mol. The number of anilines is 1. The van der Waals surface area contributed by atoms with Gasteiger partial charge in [-0.15, -0.1) is 0 Å².